The molecule has 208 valence electrons. The molecule has 0 bridgehead atoms. The zero-order valence-corrected chi connectivity index (χ0v) is 27.4. The maximum Gasteiger partial charge on any atom is 0.192 e. The van der Waals surface area contributed by atoms with Gasteiger partial charge in [0.15, 0.2) is 16.6 Å². The maximum atomic E-state index is 10.9. The molecule has 1 aliphatic heterocycles. The summed E-state index contributed by atoms with van der Waals surface area (Å²) in [4.78, 5) is 0. The van der Waals surface area contributed by atoms with E-state index in [4.69, 9.17) is 13.6 Å². The summed E-state index contributed by atoms with van der Waals surface area (Å²) in [6.07, 6.45) is 11.2. The van der Waals surface area contributed by atoms with E-state index in [0.29, 0.717) is 5.92 Å². The molecule has 0 fully saturated rings. The van der Waals surface area contributed by atoms with Crippen LogP contribution in [0.5, 0.6) is 0 Å². The predicted molar refractivity (Wildman–Crippen MR) is 156 cm³/mol. The molecule has 6 heteroatoms. The Kier molecular flexibility index (Phi) is 12.9. The Hall–Kier alpha value is 0.0138. The van der Waals surface area contributed by atoms with Crippen molar-refractivity contribution in [2.45, 2.75) is 161 Å². The quantitative estimate of drug-likeness (QED) is 0.181. The highest BCUT2D eigenvalue weighted by Gasteiger charge is 2.39. The van der Waals surface area contributed by atoms with Gasteiger partial charge in [-0.1, -0.05) is 74.0 Å². The number of ether oxygens (including phenoxy) is 1. The lowest BCUT2D eigenvalue weighted by Gasteiger charge is -2.40. The summed E-state index contributed by atoms with van der Waals surface area (Å²) in [6, 6.07) is 0. The van der Waals surface area contributed by atoms with E-state index in [2.05, 4.69) is 93.7 Å². The summed E-state index contributed by atoms with van der Waals surface area (Å²) in [5.74, 6) is 0.417. The van der Waals surface area contributed by atoms with Gasteiger partial charge in [-0.3, -0.25) is 0 Å². The van der Waals surface area contributed by atoms with E-state index >= 15 is 0 Å². The first-order valence-electron chi connectivity index (χ1n) is 14.2. The van der Waals surface area contributed by atoms with Gasteiger partial charge in [0.1, 0.15) is 0 Å². The van der Waals surface area contributed by atoms with Gasteiger partial charge in [-0.05, 0) is 80.7 Å². The number of aliphatic hydroxyl groups excluding tert-OH is 1. The normalized spacial score (nSPS) is 22.8. The minimum Gasteiger partial charge on any atom is -0.417 e. The maximum absolute atomic E-state index is 10.9. The molecule has 0 aromatic heterocycles. The third-order valence-electron chi connectivity index (χ3n) is 8.54. The van der Waals surface area contributed by atoms with Gasteiger partial charge in [-0.15, -0.1) is 0 Å². The van der Waals surface area contributed by atoms with Crippen LogP contribution in [-0.4, -0.2) is 52.8 Å². The summed E-state index contributed by atoms with van der Waals surface area (Å²) >= 11 is 0. The number of hydrogen-bond donors (Lipinski definition) is 1. The molecule has 1 unspecified atom stereocenters. The molecule has 4 nitrogen and oxygen atoms in total. The number of hydrogen-bond acceptors (Lipinski definition) is 4. The second-order valence-electron chi connectivity index (χ2n) is 14.1. The van der Waals surface area contributed by atoms with Crippen LogP contribution in [-0.2, 0) is 13.6 Å². The molecule has 0 aromatic carbocycles. The topological polar surface area (TPSA) is 47.9 Å². The minimum atomic E-state index is -1.84. The average Bonchev–Trinajstić information content (AvgIpc) is 2.66. The standard InChI is InChI=1S/C29H60O4Si2/c1-13-15-27(33-35(11,12)29(6,7)8)22-24(30)20-23(2)21-26-17-14-16-25(32-26)18-19-31-34(9,10)28(3,4)5/h14,16,23-27,30H,13,15,17-22H2,1-12H3/t23-,24?,25+,26-,27-/m0/s1. The van der Waals surface area contributed by atoms with Crippen molar-refractivity contribution in [2.24, 2.45) is 5.92 Å². The van der Waals surface area contributed by atoms with Gasteiger partial charge in [-0.25, -0.2) is 0 Å². The number of aliphatic hydroxyl groups is 1. The Labute approximate surface area is 220 Å². The van der Waals surface area contributed by atoms with Crippen LogP contribution in [0.25, 0.3) is 0 Å². The SMILES string of the molecule is CCC[C@@H](CC(O)C[C@H](C)C[C@@H]1CC=C[C@H](CCO[Si](C)(C)C(C)(C)C)O1)O[Si](C)(C)C(C)(C)C. The Morgan fingerprint density at radius 3 is 2.14 bits per heavy atom. The lowest BCUT2D eigenvalue weighted by atomic mass is 9.92. The van der Waals surface area contributed by atoms with Crippen LogP contribution in [0.2, 0.25) is 36.3 Å². The Balaban J connectivity index is 2.51. The molecule has 5 atom stereocenters. The molecule has 1 aliphatic rings. The molecule has 0 saturated carbocycles. The van der Waals surface area contributed by atoms with E-state index in [1.807, 2.05) is 0 Å². The van der Waals surface area contributed by atoms with Crippen LogP contribution in [0, 0.1) is 5.92 Å². The van der Waals surface area contributed by atoms with Crippen LogP contribution in [0.4, 0.5) is 0 Å². The van der Waals surface area contributed by atoms with E-state index < -0.39 is 16.6 Å². The molecule has 0 aromatic rings. The summed E-state index contributed by atoms with van der Waals surface area (Å²) in [5, 5.41) is 11.4. The van der Waals surface area contributed by atoms with E-state index in [0.717, 1.165) is 51.6 Å². The third-order valence-corrected chi connectivity index (χ3v) is 17.6. The molecule has 1 heterocycles. The molecule has 35 heavy (non-hydrogen) atoms. The van der Waals surface area contributed by atoms with Crippen molar-refractivity contribution in [2.75, 3.05) is 6.61 Å². The lowest BCUT2D eigenvalue weighted by molar-refractivity contribution is -0.0193. The van der Waals surface area contributed by atoms with Gasteiger partial charge < -0.3 is 18.7 Å². The van der Waals surface area contributed by atoms with E-state index in [1.54, 1.807) is 0 Å². The number of rotatable bonds is 14. The van der Waals surface area contributed by atoms with Crippen LogP contribution >= 0.6 is 0 Å². The van der Waals surface area contributed by atoms with E-state index in [9.17, 15) is 5.11 Å². The predicted octanol–water partition coefficient (Wildman–Crippen LogP) is 8.47. The summed E-state index contributed by atoms with van der Waals surface area (Å²) in [7, 11) is -3.55. The molecule has 0 amide bonds. The fraction of sp³-hybridized carbons (Fsp3) is 0.931. The van der Waals surface area contributed by atoms with Crippen molar-refractivity contribution in [1.29, 1.82) is 0 Å². The van der Waals surface area contributed by atoms with Crippen molar-refractivity contribution >= 4 is 16.6 Å². The van der Waals surface area contributed by atoms with Gasteiger partial charge in [0.25, 0.3) is 0 Å². The van der Waals surface area contributed by atoms with Crippen LogP contribution in [0.1, 0.15) is 100 Å². The smallest absolute Gasteiger partial charge is 0.192 e. The van der Waals surface area contributed by atoms with E-state index in [1.165, 1.54) is 0 Å². The van der Waals surface area contributed by atoms with Gasteiger partial charge in [0, 0.05) is 12.7 Å². The second kappa shape index (κ2) is 13.7. The molecule has 0 spiro atoms. The third kappa shape index (κ3) is 11.5. The van der Waals surface area contributed by atoms with Gasteiger partial charge in [0.2, 0.25) is 0 Å². The second-order valence-corrected chi connectivity index (χ2v) is 23.7. The highest BCUT2D eigenvalue weighted by molar-refractivity contribution is 6.74. The first kappa shape index (κ1) is 33.0. The summed E-state index contributed by atoms with van der Waals surface area (Å²) in [6.45, 7) is 28.2. The Bertz CT molecular complexity index is 634. The molecular weight excluding hydrogens is 468 g/mol. The molecule has 1 rings (SSSR count). The fourth-order valence-electron chi connectivity index (χ4n) is 4.24. The zero-order chi connectivity index (χ0) is 27.1. The van der Waals surface area contributed by atoms with Gasteiger partial charge in [0.05, 0.1) is 18.3 Å². The van der Waals surface area contributed by atoms with Crippen molar-refractivity contribution in [3.05, 3.63) is 12.2 Å². The lowest BCUT2D eigenvalue weighted by Crippen LogP contribution is -2.44. The van der Waals surface area contributed by atoms with Crippen molar-refractivity contribution in [3.63, 3.8) is 0 Å². The Morgan fingerprint density at radius 2 is 1.60 bits per heavy atom. The molecule has 0 saturated heterocycles. The fourth-order valence-corrected chi connectivity index (χ4v) is 6.70. The first-order valence-corrected chi connectivity index (χ1v) is 20.0. The highest BCUT2D eigenvalue weighted by atomic mass is 28.4. The van der Waals surface area contributed by atoms with E-state index in [-0.39, 0.29) is 34.5 Å². The molecule has 0 aliphatic carbocycles. The van der Waals surface area contributed by atoms with Crippen LogP contribution in [0.3, 0.4) is 0 Å². The highest BCUT2D eigenvalue weighted by Crippen LogP contribution is 2.39. The molecule has 1 N–H and O–H groups in total. The first-order chi connectivity index (χ1) is 15.9. The molecule has 0 radical (unpaired) electrons. The largest absolute Gasteiger partial charge is 0.417 e. The Morgan fingerprint density at radius 1 is 1.00 bits per heavy atom. The van der Waals surface area contributed by atoms with Crippen molar-refractivity contribution < 1.29 is 18.7 Å². The van der Waals surface area contributed by atoms with Gasteiger partial charge in [-0.2, -0.15) is 0 Å². The van der Waals surface area contributed by atoms with Gasteiger partial charge >= 0.3 is 0 Å². The van der Waals surface area contributed by atoms with Crippen LogP contribution in [0.15, 0.2) is 12.2 Å². The van der Waals surface area contributed by atoms with Crippen molar-refractivity contribution in [3.8, 4) is 0 Å². The molecular formula is C29H60O4Si2. The zero-order valence-electron chi connectivity index (χ0n) is 25.4. The minimum absolute atomic E-state index is 0.141. The van der Waals surface area contributed by atoms with Crippen molar-refractivity contribution in [1.82, 2.24) is 0 Å². The van der Waals surface area contributed by atoms with Crippen LogP contribution < -0.4 is 0 Å². The average molecular weight is 529 g/mol. The monoisotopic (exact) mass is 528 g/mol. The summed E-state index contributed by atoms with van der Waals surface area (Å²) < 4.78 is 19.4. The summed E-state index contributed by atoms with van der Waals surface area (Å²) in [5.41, 5.74) is 0.